The van der Waals surface area contributed by atoms with Gasteiger partial charge >= 0.3 is 0 Å². The molecule has 0 saturated carbocycles. The molecule has 2 aromatic heterocycles. The molecule has 7 aromatic carbocycles. The minimum Gasteiger partial charge on any atom is -0.274 e. The van der Waals surface area contributed by atoms with Crippen molar-refractivity contribution in [3.63, 3.8) is 0 Å². The Bertz CT molecular complexity index is 2780. The van der Waals surface area contributed by atoms with Gasteiger partial charge in [-0.3, -0.25) is 9.20 Å². The van der Waals surface area contributed by atoms with E-state index in [-0.39, 0.29) is 5.56 Å². The van der Waals surface area contributed by atoms with Gasteiger partial charge in [-0.15, -0.1) is 0 Å². The summed E-state index contributed by atoms with van der Waals surface area (Å²) in [5, 5.41) is 5.07. The average Bonchev–Trinajstić information content (AvgIpc) is 3.73. The Morgan fingerprint density at radius 3 is 1.63 bits per heavy atom. The molecule has 2 heterocycles. The van der Waals surface area contributed by atoms with Crippen LogP contribution in [0.3, 0.4) is 0 Å². The Labute approximate surface area is 264 Å². The standard InChI is InChI=1S/C44H25NO/c46-43-32-17-5-4-14-28(32)34-24-27(26-12-2-1-3-13-26)25-35-31-22-23-39-40(42(31)45(43)41(34)35)33-18-8-11-21-38(33)44(39)36-19-9-6-15-29(36)30-16-7-10-20-37(30)44/h1-25H. The number of nitrogens with zero attached hydrogens (tertiary/aromatic N) is 1. The SMILES string of the molecule is O=c1c2ccccc2c2cc(-c3ccccc3)cc3c4ccc5c(c4n1c23)-c1ccccc1C51c2ccccc2-c2ccccc21. The molecule has 0 saturated heterocycles. The molecular formula is C44H25NO. The number of aromatic nitrogens is 1. The van der Waals surface area contributed by atoms with E-state index in [1.165, 1.54) is 44.5 Å². The minimum atomic E-state index is -0.461. The van der Waals surface area contributed by atoms with E-state index in [9.17, 15) is 4.79 Å². The Kier molecular flexibility index (Phi) is 4.43. The Hall–Kier alpha value is -5.99. The summed E-state index contributed by atoms with van der Waals surface area (Å²) in [7, 11) is 0. The second-order valence-electron chi connectivity index (χ2n) is 12.7. The molecule has 1 spiro atoms. The van der Waals surface area contributed by atoms with Crippen molar-refractivity contribution in [3.8, 4) is 33.4 Å². The van der Waals surface area contributed by atoms with Crippen molar-refractivity contribution in [2.24, 2.45) is 0 Å². The van der Waals surface area contributed by atoms with E-state index in [4.69, 9.17) is 0 Å². The summed E-state index contributed by atoms with van der Waals surface area (Å²) in [5.41, 5.74) is 14.0. The van der Waals surface area contributed by atoms with Crippen molar-refractivity contribution in [2.45, 2.75) is 5.41 Å². The van der Waals surface area contributed by atoms with Crippen molar-refractivity contribution in [1.82, 2.24) is 4.40 Å². The van der Waals surface area contributed by atoms with Gasteiger partial charge in [-0.2, -0.15) is 0 Å². The van der Waals surface area contributed by atoms with Crippen molar-refractivity contribution in [1.29, 1.82) is 0 Å². The van der Waals surface area contributed by atoms with Crippen LogP contribution in [-0.4, -0.2) is 4.40 Å². The summed E-state index contributed by atoms with van der Waals surface area (Å²) in [5.74, 6) is 0. The highest BCUT2D eigenvalue weighted by Gasteiger charge is 2.52. The van der Waals surface area contributed by atoms with Gasteiger partial charge in [-0.25, -0.2) is 0 Å². The smallest absolute Gasteiger partial charge is 0.263 e. The minimum absolute atomic E-state index is 0.0367. The fraction of sp³-hybridized carbons (Fsp3) is 0.0227. The summed E-state index contributed by atoms with van der Waals surface area (Å²) in [6.07, 6.45) is 0. The maximum atomic E-state index is 14.7. The zero-order valence-corrected chi connectivity index (χ0v) is 24.8. The second-order valence-corrected chi connectivity index (χ2v) is 12.7. The predicted molar refractivity (Wildman–Crippen MR) is 189 cm³/mol. The molecule has 212 valence electrons. The van der Waals surface area contributed by atoms with Gasteiger partial charge in [0.2, 0.25) is 0 Å². The first-order chi connectivity index (χ1) is 22.8. The normalized spacial score (nSPS) is 13.9. The van der Waals surface area contributed by atoms with Gasteiger partial charge in [0.05, 0.1) is 16.4 Å². The average molecular weight is 584 g/mol. The monoisotopic (exact) mass is 583 g/mol. The highest BCUT2D eigenvalue weighted by molar-refractivity contribution is 6.24. The highest BCUT2D eigenvalue weighted by Crippen LogP contribution is 2.64. The lowest BCUT2D eigenvalue weighted by atomic mass is 9.70. The maximum Gasteiger partial charge on any atom is 0.263 e. The number of fused-ring (bicyclic) bond motifs is 16. The number of benzene rings is 7. The first-order valence-corrected chi connectivity index (χ1v) is 15.9. The van der Waals surface area contributed by atoms with Crippen LogP contribution < -0.4 is 5.56 Å². The lowest BCUT2D eigenvalue weighted by Gasteiger charge is -2.30. The summed E-state index contributed by atoms with van der Waals surface area (Å²) >= 11 is 0. The van der Waals surface area contributed by atoms with Crippen LogP contribution in [0, 0.1) is 0 Å². The van der Waals surface area contributed by atoms with E-state index < -0.39 is 5.41 Å². The van der Waals surface area contributed by atoms with E-state index in [1.54, 1.807) is 0 Å². The molecule has 0 unspecified atom stereocenters. The topological polar surface area (TPSA) is 21.5 Å². The first-order valence-electron chi connectivity index (χ1n) is 15.9. The molecule has 0 N–H and O–H groups in total. The second kappa shape index (κ2) is 8.38. The third-order valence-corrected chi connectivity index (χ3v) is 10.7. The van der Waals surface area contributed by atoms with Crippen LogP contribution in [0.25, 0.3) is 71.3 Å². The van der Waals surface area contributed by atoms with Crippen molar-refractivity contribution < 1.29 is 0 Å². The predicted octanol–water partition coefficient (Wildman–Crippen LogP) is 10.2. The molecule has 11 rings (SSSR count). The lowest BCUT2D eigenvalue weighted by Crippen LogP contribution is -2.25. The van der Waals surface area contributed by atoms with Crippen LogP contribution in [0.4, 0.5) is 0 Å². The third-order valence-electron chi connectivity index (χ3n) is 10.7. The van der Waals surface area contributed by atoms with Crippen molar-refractivity contribution >= 4 is 38.0 Å². The molecule has 0 radical (unpaired) electrons. The molecule has 2 nitrogen and oxygen atoms in total. The van der Waals surface area contributed by atoms with Crippen molar-refractivity contribution in [3.05, 3.63) is 184 Å². The number of pyridine rings is 1. The van der Waals surface area contributed by atoms with Crippen LogP contribution in [0.2, 0.25) is 0 Å². The van der Waals surface area contributed by atoms with Crippen LogP contribution in [0.1, 0.15) is 22.3 Å². The molecule has 0 fully saturated rings. The number of hydrogen-bond donors (Lipinski definition) is 0. The highest BCUT2D eigenvalue weighted by atomic mass is 16.1. The molecule has 0 aliphatic heterocycles. The molecular weight excluding hydrogens is 558 g/mol. The van der Waals surface area contributed by atoms with Crippen LogP contribution >= 0.6 is 0 Å². The third kappa shape index (κ3) is 2.69. The fourth-order valence-corrected chi connectivity index (χ4v) is 9.04. The van der Waals surface area contributed by atoms with Crippen molar-refractivity contribution in [2.75, 3.05) is 0 Å². The van der Waals surface area contributed by atoms with Crippen LogP contribution in [0.15, 0.2) is 156 Å². The zero-order chi connectivity index (χ0) is 30.1. The van der Waals surface area contributed by atoms with E-state index >= 15 is 0 Å². The van der Waals surface area contributed by atoms with E-state index in [1.807, 2.05) is 22.6 Å². The van der Waals surface area contributed by atoms with Gasteiger partial charge < -0.3 is 0 Å². The number of hydrogen-bond acceptors (Lipinski definition) is 1. The van der Waals surface area contributed by atoms with Gasteiger partial charge in [0, 0.05) is 27.1 Å². The Morgan fingerprint density at radius 1 is 0.391 bits per heavy atom. The van der Waals surface area contributed by atoms with Crippen LogP contribution in [-0.2, 0) is 5.41 Å². The lowest BCUT2D eigenvalue weighted by molar-refractivity contribution is 0.794. The number of rotatable bonds is 1. The Morgan fingerprint density at radius 2 is 0.935 bits per heavy atom. The molecule has 46 heavy (non-hydrogen) atoms. The summed E-state index contributed by atoms with van der Waals surface area (Å²) in [6, 6.07) is 54.5. The van der Waals surface area contributed by atoms with Gasteiger partial charge in [-0.1, -0.05) is 133 Å². The Balaban J connectivity index is 1.39. The van der Waals surface area contributed by atoms with Gasteiger partial charge in [0.1, 0.15) is 0 Å². The molecule has 0 atom stereocenters. The maximum absolute atomic E-state index is 14.7. The van der Waals surface area contributed by atoms with E-state index in [0.29, 0.717) is 0 Å². The van der Waals surface area contributed by atoms with Gasteiger partial charge in [0.15, 0.2) is 0 Å². The van der Waals surface area contributed by atoms with Crippen LogP contribution in [0.5, 0.6) is 0 Å². The van der Waals surface area contributed by atoms with E-state index in [2.05, 4.69) is 133 Å². The molecule has 2 aliphatic carbocycles. The summed E-state index contributed by atoms with van der Waals surface area (Å²) < 4.78 is 2.04. The molecule has 0 bridgehead atoms. The first kappa shape index (κ1) is 24.3. The zero-order valence-electron chi connectivity index (χ0n) is 24.8. The summed E-state index contributed by atoms with van der Waals surface area (Å²) in [4.78, 5) is 14.7. The quantitative estimate of drug-likeness (QED) is 0.176. The molecule has 0 amide bonds. The van der Waals surface area contributed by atoms with Gasteiger partial charge in [0.25, 0.3) is 5.56 Å². The molecule has 2 aliphatic rings. The molecule has 2 heteroatoms. The molecule has 9 aromatic rings. The largest absolute Gasteiger partial charge is 0.274 e. The van der Waals surface area contributed by atoms with Gasteiger partial charge in [-0.05, 0) is 73.7 Å². The van der Waals surface area contributed by atoms with E-state index in [0.717, 1.165) is 49.1 Å². The fourth-order valence-electron chi connectivity index (χ4n) is 9.04. The summed E-state index contributed by atoms with van der Waals surface area (Å²) in [6.45, 7) is 0.